The monoisotopic (exact) mass is 526 g/mol. The Kier molecular flexibility index (Phi) is 12.2. The summed E-state index contributed by atoms with van der Waals surface area (Å²) in [6.07, 6.45) is 1.86. The molecular weight excluding hydrogens is 491 g/mol. The predicted octanol–water partition coefficient (Wildman–Crippen LogP) is 4.05. The van der Waals surface area contributed by atoms with Gasteiger partial charge < -0.3 is 19.5 Å². The summed E-state index contributed by atoms with van der Waals surface area (Å²) in [5.41, 5.74) is 2.28. The van der Waals surface area contributed by atoms with Crippen LogP contribution in [0.4, 0.5) is 0 Å². The Bertz CT molecular complexity index is 834. The topological polar surface area (TPSA) is 58.9 Å². The van der Waals surface area contributed by atoms with Gasteiger partial charge in [-0.1, -0.05) is 18.2 Å². The molecule has 0 atom stereocenters. The largest absolute Gasteiger partial charge is 0.494 e. The number of aromatic nitrogens is 1. The Labute approximate surface area is 197 Å². The third kappa shape index (κ3) is 8.38. The third-order valence-corrected chi connectivity index (χ3v) is 4.67. The minimum atomic E-state index is 0. The van der Waals surface area contributed by atoms with E-state index >= 15 is 0 Å². The minimum absolute atomic E-state index is 0. The lowest BCUT2D eigenvalue weighted by Crippen LogP contribution is -2.38. The van der Waals surface area contributed by atoms with Crippen LogP contribution in [0.1, 0.15) is 37.9 Å². The molecule has 0 bridgehead atoms. The molecule has 0 amide bonds. The Morgan fingerprint density at radius 2 is 1.87 bits per heavy atom. The van der Waals surface area contributed by atoms with Gasteiger partial charge in [-0.2, -0.15) is 0 Å². The number of aryl methyl sites for hydroxylation is 1. The highest BCUT2D eigenvalue weighted by atomic mass is 127. The first-order valence-electron chi connectivity index (χ1n) is 10.4. The van der Waals surface area contributed by atoms with Crippen LogP contribution in [0.25, 0.3) is 0 Å². The van der Waals surface area contributed by atoms with E-state index in [0.717, 1.165) is 56.4 Å². The maximum absolute atomic E-state index is 11.9. The second-order valence-corrected chi connectivity index (χ2v) is 7.03. The van der Waals surface area contributed by atoms with Crippen LogP contribution in [0.2, 0.25) is 0 Å². The van der Waals surface area contributed by atoms with Crippen LogP contribution in [-0.4, -0.2) is 42.2 Å². The fourth-order valence-corrected chi connectivity index (χ4v) is 3.15. The number of unbranched alkanes of at least 4 members (excludes halogenated alkanes) is 1. The second kappa shape index (κ2) is 14.1. The third-order valence-electron chi connectivity index (χ3n) is 4.67. The SMILES string of the molecule is CCNC(=NCCCCn1c(C)cccc1=O)N(C)Cc1ccc(OCC)cc1.I. The van der Waals surface area contributed by atoms with Gasteiger partial charge >= 0.3 is 0 Å². The zero-order chi connectivity index (χ0) is 21.1. The first kappa shape index (κ1) is 26.0. The van der Waals surface area contributed by atoms with E-state index in [1.54, 1.807) is 12.1 Å². The quantitative estimate of drug-likeness (QED) is 0.220. The number of aliphatic imine (C=N–C) groups is 1. The van der Waals surface area contributed by atoms with Crippen molar-refractivity contribution in [2.45, 2.75) is 46.7 Å². The summed E-state index contributed by atoms with van der Waals surface area (Å²) in [7, 11) is 2.05. The molecule has 0 unspecified atom stereocenters. The molecule has 1 aromatic carbocycles. The average molecular weight is 526 g/mol. The van der Waals surface area contributed by atoms with E-state index in [-0.39, 0.29) is 29.5 Å². The van der Waals surface area contributed by atoms with Gasteiger partial charge in [-0.25, -0.2) is 0 Å². The van der Waals surface area contributed by atoms with Crippen LogP contribution in [0.5, 0.6) is 5.75 Å². The van der Waals surface area contributed by atoms with Crippen molar-refractivity contribution in [2.75, 3.05) is 26.7 Å². The summed E-state index contributed by atoms with van der Waals surface area (Å²) in [6, 6.07) is 13.6. The molecule has 0 aliphatic rings. The molecule has 30 heavy (non-hydrogen) atoms. The molecule has 0 spiro atoms. The Balaban J connectivity index is 0.00000450. The standard InChI is InChI=1S/C23H34N4O2.HI/c1-5-24-23(26(4)18-20-12-14-21(15-13-20)29-6-2)25-16-7-8-17-27-19(3)10-9-11-22(27)28;/h9-15H,5-8,16-18H2,1-4H3,(H,24,25);1H. The lowest BCUT2D eigenvalue weighted by atomic mass is 10.2. The van der Waals surface area contributed by atoms with Crippen LogP contribution >= 0.6 is 24.0 Å². The fourth-order valence-electron chi connectivity index (χ4n) is 3.15. The predicted molar refractivity (Wildman–Crippen MR) is 135 cm³/mol. The van der Waals surface area contributed by atoms with Crippen molar-refractivity contribution in [3.63, 3.8) is 0 Å². The van der Waals surface area contributed by atoms with E-state index in [0.29, 0.717) is 6.61 Å². The Morgan fingerprint density at radius 1 is 1.13 bits per heavy atom. The molecular formula is C23H35IN4O2. The average Bonchev–Trinajstić information content (AvgIpc) is 2.70. The van der Waals surface area contributed by atoms with Gasteiger partial charge in [0.05, 0.1) is 6.61 Å². The molecule has 0 fully saturated rings. The van der Waals surface area contributed by atoms with Gasteiger partial charge in [0.25, 0.3) is 5.56 Å². The number of hydrogen-bond acceptors (Lipinski definition) is 3. The maximum Gasteiger partial charge on any atom is 0.250 e. The van der Waals surface area contributed by atoms with Crippen molar-refractivity contribution in [3.05, 3.63) is 64.1 Å². The summed E-state index contributed by atoms with van der Waals surface area (Å²) in [4.78, 5) is 18.8. The number of guanidine groups is 1. The molecule has 7 heteroatoms. The number of benzene rings is 1. The highest BCUT2D eigenvalue weighted by Gasteiger charge is 2.07. The Morgan fingerprint density at radius 3 is 2.50 bits per heavy atom. The lowest BCUT2D eigenvalue weighted by Gasteiger charge is -2.22. The van der Waals surface area contributed by atoms with E-state index in [4.69, 9.17) is 9.73 Å². The van der Waals surface area contributed by atoms with E-state index in [9.17, 15) is 4.79 Å². The van der Waals surface area contributed by atoms with Gasteiger partial charge in [0, 0.05) is 45.0 Å². The number of nitrogens with zero attached hydrogens (tertiary/aromatic N) is 3. The van der Waals surface area contributed by atoms with Crippen molar-refractivity contribution in [2.24, 2.45) is 4.99 Å². The Hall–Kier alpha value is -2.03. The van der Waals surface area contributed by atoms with Crippen LogP contribution in [-0.2, 0) is 13.1 Å². The molecule has 0 radical (unpaired) electrons. The number of ether oxygens (including phenoxy) is 1. The van der Waals surface area contributed by atoms with Crippen molar-refractivity contribution < 1.29 is 4.74 Å². The molecule has 0 saturated carbocycles. The van der Waals surface area contributed by atoms with Gasteiger partial charge in [0.15, 0.2) is 5.96 Å². The van der Waals surface area contributed by atoms with Crippen LogP contribution in [0.3, 0.4) is 0 Å². The van der Waals surface area contributed by atoms with E-state index in [2.05, 4.69) is 29.3 Å². The molecule has 166 valence electrons. The maximum atomic E-state index is 11.9. The van der Waals surface area contributed by atoms with Crippen molar-refractivity contribution in [3.8, 4) is 5.75 Å². The van der Waals surface area contributed by atoms with Gasteiger partial charge in [-0.3, -0.25) is 9.79 Å². The van der Waals surface area contributed by atoms with Crippen LogP contribution in [0.15, 0.2) is 52.3 Å². The lowest BCUT2D eigenvalue weighted by molar-refractivity contribution is 0.340. The first-order chi connectivity index (χ1) is 14.0. The summed E-state index contributed by atoms with van der Waals surface area (Å²) < 4.78 is 7.33. The molecule has 0 saturated heterocycles. The van der Waals surface area contributed by atoms with Gasteiger partial charge in [0.2, 0.25) is 0 Å². The molecule has 1 aromatic heterocycles. The van der Waals surface area contributed by atoms with Crippen LogP contribution < -0.4 is 15.6 Å². The van der Waals surface area contributed by atoms with Gasteiger partial charge in [-0.15, -0.1) is 24.0 Å². The fraction of sp³-hybridized carbons (Fsp3) is 0.478. The zero-order valence-electron chi connectivity index (χ0n) is 18.6. The number of pyridine rings is 1. The molecule has 2 rings (SSSR count). The normalized spacial score (nSPS) is 11.0. The van der Waals surface area contributed by atoms with Crippen molar-refractivity contribution in [1.82, 2.24) is 14.8 Å². The molecule has 6 nitrogen and oxygen atoms in total. The summed E-state index contributed by atoms with van der Waals surface area (Å²) >= 11 is 0. The highest BCUT2D eigenvalue weighted by Crippen LogP contribution is 2.13. The van der Waals surface area contributed by atoms with Gasteiger partial charge in [-0.05, 0) is 57.4 Å². The highest BCUT2D eigenvalue weighted by molar-refractivity contribution is 14.0. The summed E-state index contributed by atoms with van der Waals surface area (Å²) in [5, 5.41) is 3.36. The second-order valence-electron chi connectivity index (χ2n) is 7.03. The zero-order valence-corrected chi connectivity index (χ0v) is 20.9. The van der Waals surface area contributed by atoms with E-state index in [1.165, 1.54) is 5.56 Å². The van der Waals surface area contributed by atoms with E-state index in [1.807, 2.05) is 43.7 Å². The van der Waals surface area contributed by atoms with Crippen LogP contribution in [0, 0.1) is 6.92 Å². The summed E-state index contributed by atoms with van der Waals surface area (Å²) in [5.74, 6) is 1.79. The minimum Gasteiger partial charge on any atom is -0.494 e. The number of hydrogen-bond donors (Lipinski definition) is 1. The number of rotatable bonds is 10. The first-order valence-corrected chi connectivity index (χ1v) is 10.4. The molecule has 1 N–H and O–H groups in total. The number of halogens is 1. The number of nitrogens with one attached hydrogen (secondary N) is 1. The smallest absolute Gasteiger partial charge is 0.250 e. The molecule has 0 aliphatic carbocycles. The van der Waals surface area contributed by atoms with Crippen molar-refractivity contribution >= 4 is 29.9 Å². The molecule has 0 aliphatic heterocycles. The van der Waals surface area contributed by atoms with Gasteiger partial charge in [0.1, 0.15) is 5.75 Å². The molecule has 1 heterocycles. The van der Waals surface area contributed by atoms with E-state index < -0.39 is 0 Å². The molecule has 2 aromatic rings. The van der Waals surface area contributed by atoms with Crippen molar-refractivity contribution in [1.29, 1.82) is 0 Å². The summed E-state index contributed by atoms with van der Waals surface area (Å²) in [6.45, 7) is 9.77.